The van der Waals surface area contributed by atoms with Crippen molar-refractivity contribution in [1.82, 2.24) is 4.90 Å². The van der Waals surface area contributed by atoms with Crippen molar-refractivity contribution >= 4 is 11.9 Å². The summed E-state index contributed by atoms with van der Waals surface area (Å²) in [5.74, 6) is -1.14. The minimum Gasteiger partial charge on any atom is -0.467 e. The van der Waals surface area contributed by atoms with Crippen LogP contribution in [0.4, 0.5) is 4.39 Å². The predicted molar refractivity (Wildman–Crippen MR) is 76.5 cm³/mol. The van der Waals surface area contributed by atoms with Gasteiger partial charge in [-0.15, -0.1) is 0 Å². The van der Waals surface area contributed by atoms with Crippen LogP contribution in [-0.4, -0.2) is 36.5 Å². The van der Waals surface area contributed by atoms with Gasteiger partial charge in [-0.25, -0.2) is 9.18 Å². The summed E-state index contributed by atoms with van der Waals surface area (Å²) in [7, 11) is 1.28. The molecule has 0 bridgehead atoms. The first-order valence-corrected chi connectivity index (χ1v) is 7.05. The molecule has 1 aliphatic rings. The molecule has 1 aromatic rings. The zero-order valence-electron chi connectivity index (χ0n) is 12.6. The molecular formula is C16H20FNO3. The Labute approximate surface area is 123 Å². The number of carbonyl (C=O) groups excluding carboxylic acids is 2. The van der Waals surface area contributed by atoms with Gasteiger partial charge in [0.25, 0.3) is 5.91 Å². The Balaban J connectivity index is 2.20. The summed E-state index contributed by atoms with van der Waals surface area (Å²) in [5.41, 5.74) is 2.12. The van der Waals surface area contributed by atoms with E-state index in [1.165, 1.54) is 12.0 Å². The van der Waals surface area contributed by atoms with Gasteiger partial charge in [0.1, 0.15) is 6.04 Å². The SMILES string of the molecule is COC(=O)C1CCCN1C(=O)C(F)c1ccc(C)cc1C. The van der Waals surface area contributed by atoms with Crippen molar-refractivity contribution in [2.75, 3.05) is 13.7 Å². The molecule has 1 fully saturated rings. The molecule has 1 amide bonds. The molecule has 21 heavy (non-hydrogen) atoms. The van der Waals surface area contributed by atoms with E-state index < -0.39 is 24.1 Å². The fourth-order valence-corrected chi connectivity index (χ4v) is 2.80. The van der Waals surface area contributed by atoms with E-state index in [0.717, 1.165) is 11.1 Å². The number of carbonyl (C=O) groups is 2. The lowest BCUT2D eigenvalue weighted by molar-refractivity contribution is -0.152. The van der Waals surface area contributed by atoms with Crippen LogP contribution in [0.5, 0.6) is 0 Å². The van der Waals surface area contributed by atoms with Crippen molar-refractivity contribution in [2.24, 2.45) is 0 Å². The van der Waals surface area contributed by atoms with Crippen molar-refractivity contribution in [2.45, 2.75) is 38.9 Å². The topological polar surface area (TPSA) is 46.6 Å². The van der Waals surface area contributed by atoms with Gasteiger partial charge in [-0.3, -0.25) is 4.79 Å². The highest BCUT2D eigenvalue weighted by Gasteiger charge is 2.38. The van der Waals surface area contributed by atoms with Crippen molar-refractivity contribution in [3.8, 4) is 0 Å². The molecule has 0 aliphatic carbocycles. The monoisotopic (exact) mass is 293 g/mol. The highest BCUT2D eigenvalue weighted by molar-refractivity contribution is 5.88. The number of aryl methyl sites for hydroxylation is 2. The molecule has 114 valence electrons. The van der Waals surface area contributed by atoms with Gasteiger partial charge in [0, 0.05) is 6.54 Å². The molecule has 1 aromatic carbocycles. The minimum atomic E-state index is -1.74. The summed E-state index contributed by atoms with van der Waals surface area (Å²) in [5, 5.41) is 0. The number of nitrogens with zero attached hydrogens (tertiary/aromatic N) is 1. The summed E-state index contributed by atoms with van der Waals surface area (Å²) >= 11 is 0. The molecule has 0 spiro atoms. The van der Waals surface area contributed by atoms with E-state index in [4.69, 9.17) is 0 Å². The number of rotatable bonds is 3. The maximum absolute atomic E-state index is 14.6. The molecule has 2 atom stereocenters. The molecule has 0 aromatic heterocycles. The van der Waals surface area contributed by atoms with E-state index in [0.29, 0.717) is 24.9 Å². The van der Waals surface area contributed by atoms with Gasteiger partial charge < -0.3 is 9.64 Å². The first-order chi connectivity index (χ1) is 9.95. The molecule has 2 rings (SSSR count). The van der Waals surface area contributed by atoms with Gasteiger partial charge in [-0.2, -0.15) is 0 Å². The molecule has 0 radical (unpaired) electrons. The molecule has 4 nitrogen and oxygen atoms in total. The van der Waals surface area contributed by atoms with Gasteiger partial charge in [0.05, 0.1) is 7.11 Å². The highest BCUT2D eigenvalue weighted by Crippen LogP contribution is 2.28. The largest absolute Gasteiger partial charge is 0.467 e. The maximum Gasteiger partial charge on any atom is 0.328 e. The Kier molecular flexibility index (Phi) is 4.60. The fourth-order valence-electron chi connectivity index (χ4n) is 2.80. The van der Waals surface area contributed by atoms with E-state index in [-0.39, 0.29) is 0 Å². The van der Waals surface area contributed by atoms with E-state index in [1.54, 1.807) is 19.1 Å². The third-order valence-corrected chi connectivity index (χ3v) is 3.92. The second kappa shape index (κ2) is 6.24. The van der Waals surface area contributed by atoms with E-state index in [1.807, 2.05) is 13.0 Å². The highest BCUT2D eigenvalue weighted by atomic mass is 19.1. The maximum atomic E-state index is 14.6. The third kappa shape index (κ3) is 3.06. The minimum absolute atomic E-state index is 0.362. The van der Waals surface area contributed by atoms with Gasteiger partial charge in [0.2, 0.25) is 6.17 Å². The van der Waals surface area contributed by atoms with Crippen molar-refractivity contribution in [3.05, 3.63) is 34.9 Å². The van der Waals surface area contributed by atoms with Crippen LogP contribution in [0.25, 0.3) is 0 Å². The van der Waals surface area contributed by atoms with Crippen molar-refractivity contribution in [1.29, 1.82) is 0 Å². The molecule has 5 heteroatoms. The molecule has 2 unspecified atom stereocenters. The number of hydrogen-bond acceptors (Lipinski definition) is 3. The number of hydrogen-bond donors (Lipinski definition) is 0. The Morgan fingerprint density at radius 1 is 1.38 bits per heavy atom. The van der Waals surface area contributed by atoms with Crippen molar-refractivity contribution < 1.29 is 18.7 Å². The second-order valence-corrected chi connectivity index (χ2v) is 5.44. The molecule has 0 N–H and O–H groups in total. The standard InChI is InChI=1S/C16H20FNO3/c1-10-6-7-12(11(2)9-10)14(17)15(19)18-8-4-5-13(18)16(20)21-3/h6-7,9,13-14H,4-5,8H2,1-3H3. The molecule has 0 saturated carbocycles. The van der Waals surface area contributed by atoms with Crippen LogP contribution in [0, 0.1) is 13.8 Å². The van der Waals surface area contributed by atoms with Gasteiger partial charge in [-0.1, -0.05) is 23.8 Å². The normalized spacial score (nSPS) is 19.4. The summed E-state index contributed by atoms with van der Waals surface area (Å²) in [6, 6.07) is 4.60. The molecule has 1 aliphatic heterocycles. The molecule has 1 saturated heterocycles. The Morgan fingerprint density at radius 3 is 2.71 bits per heavy atom. The van der Waals surface area contributed by atoms with Gasteiger partial charge in [0.15, 0.2) is 0 Å². The van der Waals surface area contributed by atoms with Crippen LogP contribution < -0.4 is 0 Å². The Morgan fingerprint density at radius 2 is 2.10 bits per heavy atom. The average Bonchev–Trinajstić information content (AvgIpc) is 2.94. The van der Waals surface area contributed by atoms with E-state index in [9.17, 15) is 14.0 Å². The zero-order valence-corrected chi connectivity index (χ0v) is 12.6. The Hall–Kier alpha value is -1.91. The number of methoxy groups -OCH3 is 1. The first kappa shape index (κ1) is 15.5. The second-order valence-electron chi connectivity index (χ2n) is 5.44. The lowest BCUT2D eigenvalue weighted by Gasteiger charge is -2.25. The predicted octanol–water partition coefficient (Wildman–Crippen LogP) is 2.48. The van der Waals surface area contributed by atoms with Gasteiger partial charge >= 0.3 is 5.97 Å². The summed E-state index contributed by atoms with van der Waals surface area (Å²) in [6.07, 6.45) is -0.529. The number of amides is 1. The Bertz CT molecular complexity index is 558. The fraction of sp³-hybridized carbons (Fsp3) is 0.500. The quantitative estimate of drug-likeness (QED) is 0.804. The number of likely N-dealkylation sites (tertiary alicyclic amines) is 1. The van der Waals surface area contributed by atoms with Crippen LogP contribution in [0.2, 0.25) is 0 Å². The van der Waals surface area contributed by atoms with E-state index >= 15 is 0 Å². The number of esters is 1. The third-order valence-electron chi connectivity index (χ3n) is 3.92. The average molecular weight is 293 g/mol. The smallest absolute Gasteiger partial charge is 0.328 e. The lowest BCUT2D eigenvalue weighted by Crippen LogP contribution is -2.42. The summed E-state index contributed by atoms with van der Waals surface area (Å²) in [4.78, 5) is 25.3. The van der Waals surface area contributed by atoms with Crippen LogP contribution in [0.1, 0.15) is 35.7 Å². The lowest BCUT2D eigenvalue weighted by atomic mass is 10.0. The number of halogens is 1. The van der Waals surface area contributed by atoms with Crippen LogP contribution in [0.3, 0.4) is 0 Å². The summed E-state index contributed by atoms with van der Waals surface area (Å²) < 4.78 is 19.3. The number of alkyl halides is 1. The number of ether oxygens (including phenoxy) is 1. The van der Waals surface area contributed by atoms with Crippen LogP contribution >= 0.6 is 0 Å². The van der Waals surface area contributed by atoms with E-state index in [2.05, 4.69) is 4.74 Å². The molecule has 1 heterocycles. The van der Waals surface area contributed by atoms with Crippen LogP contribution in [0.15, 0.2) is 18.2 Å². The summed E-state index contributed by atoms with van der Waals surface area (Å²) in [6.45, 7) is 4.09. The van der Waals surface area contributed by atoms with Crippen molar-refractivity contribution in [3.63, 3.8) is 0 Å². The number of benzene rings is 1. The zero-order chi connectivity index (χ0) is 15.6. The van der Waals surface area contributed by atoms with Gasteiger partial charge in [-0.05, 0) is 37.8 Å². The molecular weight excluding hydrogens is 273 g/mol. The first-order valence-electron chi connectivity index (χ1n) is 7.05. The van der Waals surface area contributed by atoms with Crippen LogP contribution in [-0.2, 0) is 14.3 Å².